The molecule has 0 aromatic carbocycles. The largest absolute Gasteiger partial charge is 0.339 e. The summed E-state index contributed by atoms with van der Waals surface area (Å²) in [5.41, 5.74) is -0.753. The molecular formula is C17H23N5O3. The molecule has 4 rings (SSSR count). The second-order valence-electron chi connectivity index (χ2n) is 7.23. The molecular weight excluding hydrogens is 322 g/mol. The molecule has 0 bridgehead atoms. The Morgan fingerprint density at radius 3 is 2.80 bits per heavy atom. The maximum absolute atomic E-state index is 12.7. The number of carbonyl (C=O) groups excluding carboxylic acids is 3. The van der Waals surface area contributed by atoms with E-state index in [9.17, 15) is 14.4 Å². The van der Waals surface area contributed by atoms with Crippen molar-refractivity contribution in [2.75, 3.05) is 19.6 Å². The molecule has 3 aliphatic rings. The summed E-state index contributed by atoms with van der Waals surface area (Å²) in [7, 11) is 0. The van der Waals surface area contributed by atoms with E-state index in [0.29, 0.717) is 25.9 Å². The van der Waals surface area contributed by atoms with Crippen molar-refractivity contribution in [1.82, 2.24) is 24.9 Å². The van der Waals surface area contributed by atoms with Crippen LogP contribution in [0.4, 0.5) is 4.79 Å². The van der Waals surface area contributed by atoms with Crippen LogP contribution in [-0.2, 0) is 9.59 Å². The fraction of sp³-hybridized carbons (Fsp3) is 0.647. The highest BCUT2D eigenvalue weighted by Crippen LogP contribution is 2.35. The summed E-state index contributed by atoms with van der Waals surface area (Å²) in [6, 6.07) is 1.59. The predicted molar refractivity (Wildman–Crippen MR) is 88.5 cm³/mol. The van der Waals surface area contributed by atoms with Crippen LogP contribution in [0.5, 0.6) is 0 Å². The molecule has 2 aliphatic heterocycles. The van der Waals surface area contributed by atoms with E-state index in [2.05, 4.69) is 10.4 Å². The Morgan fingerprint density at radius 2 is 2.08 bits per heavy atom. The highest BCUT2D eigenvalue weighted by molar-refractivity contribution is 6.09. The van der Waals surface area contributed by atoms with Gasteiger partial charge in [-0.25, -0.2) is 4.79 Å². The molecule has 1 saturated carbocycles. The van der Waals surface area contributed by atoms with Gasteiger partial charge in [0.05, 0.1) is 6.04 Å². The summed E-state index contributed by atoms with van der Waals surface area (Å²) >= 11 is 0. The van der Waals surface area contributed by atoms with E-state index in [1.807, 2.05) is 16.9 Å². The third kappa shape index (κ3) is 2.79. The second-order valence-corrected chi connectivity index (χ2v) is 7.23. The summed E-state index contributed by atoms with van der Waals surface area (Å²) < 4.78 is 1.88. The van der Waals surface area contributed by atoms with Crippen LogP contribution in [0.2, 0.25) is 0 Å². The van der Waals surface area contributed by atoms with Gasteiger partial charge in [-0.05, 0) is 31.7 Å². The van der Waals surface area contributed by atoms with Gasteiger partial charge in [-0.1, -0.05) is 12.8 Å². The van der Waals surface area contributed by atoms with Gasteiger partial charge in [0.25, 0.3) is 5.91 Å². The van der Waals surface area contributed by atoms with E-state index in [1.54, 1.807) is 11.1 Å². The molecule has 1 N–H and O–H groups in total. The average Bonchev–Trinajstić information content (AvgIpc) is 3.34. The quantitative estimate of drug-likeness (QED) is 0.825. The van der Waals surface area contributed by atoms with Gasteiger partial charge in [0.2, 0.25) is 5.91 Å². The standard InChI is InChI=1S/C17H23N5O3/c23-14(20-9-3-5-13(11-20)22-10-4-8-18-22)12-21-15(24)17(19-16(21)25)6-1-2-7-17/h4,8,10,13H,1-3,5-7,9,11-12H2,(H,19,25)/t13-/m1/s1. The molecule has 4 amide bonds. The highest BCUT2D eigenvalue weighted by Gasteiger charge is 2.52. The topological polar surface area (TPSA) is 87.5 Å². The lowest BCUT2D eigenvalue weighted by molar-refractivity contribution is -0.139. The number of piperidine rings is 1. The minimum absolute atomic E-state index is 0.150. The molecule has 8 nitrogen and oxygen atoms in total. The van der Waals surface area contributed by atoms with E-state index in [4.69, 9.17) is 0 Å². The van der Waals surface area contributed by atoms with E-state index < -0.39 is 11.6 Å². The number of aromatic nitrogens is 2. The molecule has 1 spiro atoms. The van der Waals surface area contributed by atoms with Gasteiger partial charge in [-0.2, -0.15) is 5.10 Å². The third-order valence-electron chi connectivity index (χ3n) is 5.64. The molecule has 0 unspecified atom stereocenters. The summed E-state index contributed by atoms with van der Waals surface area (Å²) in [6.45, 7) is 1.05. The molecule has 1 atom stereocenters. The fourth-order valence-electron chi connectivity index (χ4n) is 4.27. The number of carbonyl (C=O) groups is 3. The number of imide groups is 1. The van der Waals surface area contributed by atoms with Crippen LogP contribution in [0.15, 0.2) is 18.5 Å². The van der Waals surface area contributed by atoms with Crippen LogP contribution in [0.3, 0.4) is 0 Å². The Morgan fingerprint density at radius 1 is 1.28 bits per heavy atom. The van der Waals surface area contributed by atoms with Crippen molar-refractivity contribution < 1.29 is 14.4 Å². The maximum Gasteiger partial charge on any atom is 0.325 e. The number of urea groups is 1. The van der Waals surface area contributed by atoms with Crippen molar-refractivity contribution in [2.24, 2.45) is 0 Å². The van der Waals surface area contributed by atoms with Gasteiger partial charge < -0.3 is 10.2 Å². The second kappa shape index (κ2) is 6.16. The molecule has 2 saturated heterocycles. The van der Waals surface area contributed by atoms with Crippen molar-refractivity contribution in [3.63, 3.8) is 0 Å². The number of hydrogen-bond donors (Lipinski definition) is 1. The fourth-order valence-corrected chi connectivity index (χ4v) is 4.27. The van der Waals surface area contributed by atoms with Gasteiger partial charge in [0, 0.05) is 25.5 Å². The zero-order valence-corrected chi connectivity index (χ0v) is 14.2. The van der Waals surface area contributed by atoms with Gasteiger partial charge in [-0.3, -0.25) is 19.2 Å². The van der Waals surface area contributed by atoms with Crippen LogP contribution >= 0.6 is 0 Å². The normalized spacial score (nSPS) is 25.7. The van der Waals surface area contributed by atoms with Crippen LogP contribution in [-0.4, -0.2) is 62.6 Å². The Balaban J connectivity index is 1.41. The third-order valence-corrected chi connectivity index (χ3v) is 5.64. The number of nitrogens with one attached hydrogen (secondary N) is 1. The first-order valence-electron chi connectivity index (χ1n) is 9.00. The van der Waals surface area contributed by atoms with Crippen molar-refractivity contribution in [3.05, 3.63) is 18.5 Å². The molecule has 25 heavy (non-hydrogen) atoms. The molecule has 134 valence electrons. The zero-order chi connectivity index (χ0) is 17.4. The monoisotopic (exact) mass is 345 g/mol. The Hall–Kier alpha value is -2.38. The predicted octanol–water partition coefficient (Wildman–Crippen LogP) is 0.911. The van der Waals surface area contributed by atoms with Gasteiger partial charge in [0.15, 0.2) is 0 Å². The summed E-state index contributed by atoms with van der Waals surface area (Å²) in [4.78, 5) is 40.4. The van der Waals surface area contributed by atoms with Crippen molar-refractivity contribution in [1.29, 1.82) is 0 Å². The molecule has 0 radical (unpaired) electrons. The van der Waals surface area contributed by atoms with Crippen LogP contribution < -0.4 is 5.32 Å². The molecule has 1 aromatic rings. The average molecular weight is 345 g/mol. The molecule has 3 heterocycles. The van der Waals surface area contributed by atoms with Crippen LogP contribution in [0.25, 0.3) is 0 Å². The number of hydrogen-bond acceptors (Lipinski definition) is 4. The lowest BCUT2D eigenvalue weighted by atomic mass is 9.98. The molecule has 1 aliphatic carbocycles. The van der Waals surface area contributed by atoms with Crippen molar-refractivity contribution in [2.45, 2.75) is 50.1 Å². The first-order chi connectivity index (χ1) is 12.1. The highest BCUT2D eigenvalue weighted by atomic mass is 16.2. The molecule has 8 heteroatoms. The van der Waals surface area contributed by atoms with Gasteiger partial charge >= 0.3 is 6.03 Å². The minimum atomic E-state index is -0.753. The number of amides is 4. The lowest BCUT2D eigenvalue weighted by Crippen LogP contribution is -2.48. The Labute approximate surface area is 146 Å². The van der Waals surface area contributed by atoms with Crippen LogP contribution in [0.1, 0.15) is 44.6 Å². The van der Waals surface area contributed by atoms with E-state index >= 15 is 0 Å². The number of rotatable bonds is 3. The SMILES string of the molecule is O=C(CN1C(=O)NC2(CCCC2)C1=O)N1CCC[C@@H](n2cccn2)C1. The smallest absolute Gasteiger partial charge is 0.325 e. The minimum Gasteiger partial charge on any atom is -0.339 e. The first kappa shape index (κ1) is 16.1. The van der Waals surface area contributed by atoms with Gasteiger partial charge in [0.1, 0.15) is 12.1 Å². The Kier molecular flexibility index (Phi) is 3.97. The van der Waals surface area contributed by atoms with Crippen molar-refractivity contribution in [3.8, 4) is 0 Å². The van der Waals surface area contributed by atoms with E-state index in [-0.39, 0.29) is 24.4 Å². The number of nitrogens with zero attached hydrogens (tertiary/aromatic N) is 4. The first-order valence-corrected chi connectivity index (χ1v) is 9.00. The van der Waals surface area contributed by atoms with E-state index in [0.717, 1.165) is 30.6 Å². The van der Waals surface area contributed by atoms with Gasteiger partial charge in [-0.15, -0.1) is 0 Å². The molecule has 3 fully saturated rings. The summed E-state index contributed by atoms with van der Waals surface area (Å²) in [5, 5.41) is 7.08. The lowest BCUT2D eigenvalue weighted by Gasteiger charge is -2.33. The van der Waals surface area contributed by atoms with Crippen LogP contribution in [0, 0.1) is 0 Å². The number of likely N-dealkylation sites (tertiary alicyclic amines) is 1. The summed E-state index contributed by atoms with van der Waals surface area (Å²) in [5.74, 6) is -0.403. The Bertz CT molecular complexity index is 680. The maximum atomic E-state index is 12.7. The molecule has 1 aromatic heterocycles. The summed E-state index contributed by atoms with van der Waals surface area (Å²) in [6.07, 6.45) is 8.71. The van der Waals surface area contributed by atoms with Crippen molar-refractivity contribution >= 4 is 17.8 Å². The van der Waals surface area contributed by atoms with E-state index in [1.165, 1.54) is 0 Å². The zero-order valence-electron chi connectivity index (χ0n) is 14.2.